The number of amides is 1. The van der Waals surface area contributed by atoms with Gasteiger partial charge in [-0.3, -0.25) is 4.79 Å². The van der Waals surface area contributed by atoms with E-state index in [0.717, 1.165) is 38.9 Å². The van der Waals surface area contributed by atoms with Crippen LogP contribution in [0.3, 0.4) is 0 Å². The van der Waals surface area contributed by atoms with E-state index in [9.17, 15) is 4.79 Å². The maximum absolute atomic E-state index is 11.0. The van der Waals surface area contributed by atoms with Crippen molar-refractivity contribution in [2.45, 2.75) is 38.5 Å². The van der Waals surface area contributed by atoms with Crippen LogP contribution >= 0.6 is 0 Å². The summed E-state index contributed by atoms with van der Waals surface area (Å²) < 4.78 is 0. The van der Waals surface area contributed by atoms with Gasteiger partial charge in [-0.25, -0.2) is 0 Å². The number of nitrogens with two attached hydrogens (primary N) is 1. The number of rotatable bonds is 7. The van der Waals surface area contributed by atoms with Crippen molar-refractivity contribution < 1.29 is 4.79 Å². The maximum Gasteiger partial charge on any atom is 0.221 e. The van der Waals surface area contributed by atoms with Crippen molar-refractivity contribution in [1.82, 2.24) is 4.90 Å². The molecule has 0 aliphatic carbocycles. The Bertz CT molecular complexity index is 257. The normalized spacial score (nSPS) is 20.8. The van der Waals surface area contributed by atoms with Crippen molar-refractivity contribution in [2.24, 2.45) is 11.7 Å². The van der Waals surface area contributed by atoms with Crippen LogP contribution in [0.1, 0.15) is 38.5 Å². The van der Waals surface area contributed by atoms with E-state index in [1.807, 2.05) is 0 Å². The molecule has 0 aromatic heterocycles. The predicted octanol–water partition coefficient (Wildman–Crippen LogP) is 1.38. The molecule has 1 aliphatic heterocycles. The predicted molar refractivity (Wildman–Crippen MR) is 65.7 cm³/mol. The molecule has 0 unspecified atom stereocenters. The Morgan fingerprint density at radius 1 is 1.38 bits per heavy atom. The molecular weight excluding hydrogens is 200 g/mol. The molecule has 0 aromatic carbocycles. The average molecular weight is 222 g/mol. The highest BCUT2D eigenvalue weighted by Crippen LogP contribution is 2.16. The van der Waals surface area contributed by atoms with Crippen LogP contribution in [0.4, 0.5) is 0 Å². The van der Waals surface area contributed by atoms with Crippen molar-refractivity contribution in [3.63, 3.8) is 0 Å². The van der Waals surface area contributed by atoms with Gasteiger partial charge in [0.15, 0.2) is 0 Å². The first-order valence-electron chi connectivity index (χ1n) is 6.19. The van der Waals surface area contributed by atoms with Gasteiger partial charge in [0.2, 0.25) is 5.91 Å². The largest absolute Gasteiger partial charge is 0.369 e. The van der Waals surface area contributed by atoms with Crippen molar-refractivity contribution in [3.8, 4) is 12.3 Å². The molecule has 1 heterocycles. The number of primary amides is 1. The zero-order chi connectivity index (χ0) is 11.8. The van der Waals surface area contributed by atoms with Crippen LogP contribution in [0, 0.1) is 18.3 Å². The molecule has 1 saturated heterocycles. The summed E-state index contributed by atoms with van der Waals surface area (Å²) in [6.45, 7) is 2.98. The van der Waals surface area contributed by atoms with E-state index in [2.05, 4.69) is 10.8 Å². The van der Waals surface area contributed by atoms with Crippen molar-refractivity contribution >= 4 is 5.91 Å². The van der Waals surface area contributed by atoms with Crippen LogP contribution in [0.15, 0.2) is 0 Å². The third kappa shape index (κ3) is 4.67. The van der Waals surface area contributed by atoms with Gasteiger partial charge in [0, 0.05) is 13.0 Å². The highest BCUT2D eigenvalue weighted by atomic mass is 16.1. The van der Waals surface area contributed by atoms with Crippen LogP contribution in [-0.2, 0) is 4.79 Å². The fourth-order valence-electron chi connectivity index (χ4n) is 2.18. The van der Waals surface area contributed by atoms with Gasteiger partial charge in [-0.15, -0.1) is 12.3 Å². The van der Waals surface area contributed by atoms with Gasteiger partial charge < -0.3 is 10.6 Å². The summed E-state index contributed by atoms with van der Waals surface area (Å²) >= 11 is 0. The Balaban J connectivity index is 1.99. The molecule has 16 heavy (non-hydrogen) atoms. The van der Waals surface area contributed by atoms with Gasteiger partial charge in [0.05, 0.1) is 5.92 Å². The lowest BCUT2D eigenvalue weighted by atomic mass is 10.1. The Hall–Kier alpha value is -1.01. The first kappa shape index (κ1) is 13.1. The number of carbonyl (C=O) groups is 1. The van der Waals surface area contributed by atoms with Crippen molar-refractivity contribution in [3.05, 3.63) is 0 Å². The average Bonchev–Trinajstić information content (AvgIpc) is 2.72. The molecule has 3 heteroatoms. The summed E-state index contributed by atoms with van der Waals surface area (Å²) in [6, 6.07) is 0. The first-order chi connectivity index (χ1) is 7.74. The van der Waals surface area contributed by atoms with Gasteiger partial charge in [-0.05, 0) is 32.4 Å². The van der Waals surface area contributed by atoms with E-state index in [1.165, 1.54) is 19.3 Å². The summed E-state index contributed by atoms with van der Waals surface area (Å²) in [4.78, 5) is 13.3. The molecule has 0 aromatic rings. The highest BCUT2D eigenvalue weighted by molar-refractivity contribution is 5.77. The Morgan fingerprint density at radius 3 is 2.75 bits per heavy atom. The first-order valence-corrected chi connectivity index (χ1v) is 6.19. The third-order valence-corrected chi connectivity index (χ3v) is 3.22. The minimum absolute atomic E-state index is 0.0847. The smallest absolute Gasteiger partial charge is 0.221 e. The zero-order valence-corrected chi connectivity index (χ0v) is 9.95. The van der Waals surface area contributed by atoms with Crippen LogP contribution in [0.5, 0.6) is 0 Å². The van der Waals surface area contributed by atoms with Gasteiger partial charge in [0.1, 0.15) is 0 Å². The quantitative estimate of drug-likeness (QED) is 0.522. The molecule has 0 radical (unpaired) electrons. The minimum atomic E-state index is -0.142. The lowest BCUT2D eigenvalue weighted by Crippen LogP contribution is -2.27. The van der Waals surface area contributed by atoms with E-state index in [4.69, 9.17) is 12.2 Å². The summed E-state index contributed by atoms with van der Waals surface area (Å²) in [5.41, 5.74) is 5.29. The molecule has 3 nitrogen and oxygen atoms in total. The minimum Gasteiger partial charge on any atom is -0.369 e. The molecule has 1 aliphatic rings. The van der Waals surface area contributed by atoms with Crippen molar-refractivity contribution in [1.29, 1.82) is 0 Å². The molecule has 0 bridgehead atoms. The lowest BCUT2D eigenvalue weighted by Gasteiger charge is -2.14. The summed E-state index contributed by atoms with van der Waals surface area (Å²) in [6.07, 6.45) is 11.8. The van der Waals surface area contributed by atoms with Gasteiger partial charge in [-0.2, -0.15) is 0 Å². The molecular formula is C13H22N2O. The molecule has 0 saturated carbocycles. The topological polar surface area (TPSA) is 46.3 Å². The van der Waals surface area contributed by atoms with E-state index in [-0.39, 0.29) is 11.8 Å². The highest BCUT2D eigenvalue weighted by Gasteiger charge is 2.25. The SMILES string of the molecule is C#CCCCCCCN1CC[C@@H](C(N)=O)C1. The monoisotopic (exact) mass is 222 g/mol. The molecule has 90 valence electrons. The Kier molecular flexibility index (Phi) is 5.95. The second kappa shape index (κ2) is 7.29. The lowest BCUT2D eigenvalue weighted by molar-refractivity contribution is -0.121. The summed E-state index contributed by atoms with van der Waals surface area (Å²) in [5.74, 6) is 2.60. The maximum atomic E-state index is 11.0. The second-order valence-corrected chi connectivity index (χ2v) is 4.56. The summed E-state index contributed by atoms with van der Waals surface area (Å²) in [5, 5.41) is 0. The van der Waals surface area contributed by atoms with Crippen LogP contribution in [0.25, 0.3) is 0 Å². The number of hydrogen-bond acceptors (Lipinski definition) is 2. The third-order valence-electron chi connectivity index (χ3n) is 3.22. The summed E-state index contributed by atoms with van der Waals surface area (Å²) in [7, 11) is 0. The molecule has 1 fully saturated rings. The number of carbonyl (C=O) groups excluding carboxylic acids is 1. The molecule has 0 spiro atoms. The van der Waals surface area contributed by atoms with E-state index in [1.54, 1.807) is 0 Å². The molecule has 1 rings (SSSR count). The van der Waals surface area contributed by atoms with Crippen LogP contribution in [-0.4, -0.2) is 30.4 Å². The van der Waals surface area contributed by atoms with Crippen LogP contribution < -0.4 is 5.73 Å². The fourth-order valence-corrected chi connectivity index (χ4v) is 2.18. The van der Waals surface area contributed by atoms with E-state index < -0.39 is 0 Å². The molecule has 2 N–H and O–H groups in total. The Labute approximate surface area is 98.4 Å². The molecule has 1 atom stereocenters. The van der Waals surface area contributed by atoms with Gasteiger partial charge in [0.25, 0.3) is 0 Å². The fraction of sp³-hybridized carbons (Fsp3) is 0.769. The van der Waals surface area contributed by atoms with Gasteiger partial charge >= 0.3 is 0 Å². The van der Waals surface area contributed by atoms with Gasteiger partial charge in [-0.1, -0.05) is 12.8 Å². The molecule has 1 amide bonds. The number of terminal acetylenes is 1. The Morgan fingerprint density at radius 2 is 2.12 bits per heavy atom. The zero-order valence-electron chi connectivity index (χ0n) is 9.95. The van der Waals surface area contributed by atoms with Crippen LogP contribution in [0.2, 0.25) is 0 Å². The number of hydrogen-bond donors (Lipinski definition) is 1. The number of nitrogens with zero attached hydrogens (tertiary/aromatic N) is 1. The standard InChI is InChI=1S/C13H22N2O/c1-2-3-4-5-6-7-9-15-10-8-12(11-15)13(14)16/h1,12H,3-11H2,(H2,14,16)/t12-/m1/s1. The van der Waals surface area contributed by atoms with E-state index in [0.29, 0.717) is 0 Å². The number of unbranched alkanes of at least 4 members (excludes halogenated alkanes) is 4. The van der Waals surface area contributed by atoms with Crippen molar-refractivity contribution in [2.75, 3.05) is 19.6 Å². The van der Waals surface area contributed by atoms with E-state index >= 15 is 0 Å². The number of likely N-dealkylation sites (tertiary alicyclic amines) is 1. The second-order valence-electron chi connectivity index (χ2n) is 4.56.